The SMILES string of the molecule is OCc1ccc(-c2c(Cl)c(Cl)c(Cl)c(Cl)c2Cl)c(-c2c(Cl)c(Cl)c(Cl)c(Cl)c2Cl)n1. The van der Waals surface area contributed by atoms with Gasteiger partial charge in [-0.05, 0) is 6.07 Å². The van der Waals surface area contributed by atoms with Gasteiger partial charge in [-0.15, -0.1) is 0 Å². The Bertz CT molecular complexity index is 1140. The fourth-order valence-electron chi connectivity index (χ4n) is 2.63. The molecule has 0 bridgehead atoms. The van der Waals surface area contributed by atoms with Crippen molar-refractivity contribution in [3.05, 3.63) is 68.1 Å². The minimum absolute atomic E-state index is 0.00721. The smallest absolute Gasteiger partial charge is 0.0853 e. The molecule has 1 aromatic heterocycles. The maximum atomic E-state index is 9.58. The Morgan fingerprint density at radius 2 is 0.900 bits per heavy atom. The van der Waals surface area contributed by atoms with Gasteiger partial charge >= 0.3 is 0 Å². The molecule has 0 aliphatic heterocycles. The number of halogens is 10. The topological polar surface area (TPSA) is 33.1 Å². The van der Waals surface area contributed by atoms with Crippen molar-refractivity contribution < 1.29 is 5.11 Å². The average Bonchev–Trinajstić information content (AvgIpc) is 2.74. The number of pyridine rings is 1. The highest BCUT2D eigenvalue weighted by molar-refractivity contribution is 6.58. The van der Waals surface area contributed by atoms with Crippen LogP contribution in [0.5, 0.6) is 0 Å². The number of nitrogens with zero attached hydrogens (tertiary/aromatic N) is 1. The van der Waals surface area contributed by atoms with Gasteiger partial charge in [-0.25, -0.2) is 4.98 Å². The lowest BCUT2D eigenvalue weighted by Crippen LogP contribution is -1.99. The normalized spacial score (nSPS) is 11.3. The highest BCUT2D eigenvalue weighted by Crippen LogP contribution is 2.53. The number of aromatic nitrogens is 1. The second-order valence-corrected chi connectivity index (χ2v) is 9.53. The second kappa shape index (κ2) is 9.75. The minimum Gasteiger partial charge on any atom is -0.390 e. The highest BCUT2D eigenvalue weighted by Gasteiger charge is 2.27. The van der Waals surface area contributed by atoms with Crippen LogP contribution in [0.3, 0.4) is 0 Å². The summed E-state index contributed by atoms with van der Waals surface area (Å²) in [7, 11) is 0. The number of rotatable bonds is 3. The van der Waals surface area contributed by atoms with Crippen LogP contribution in [0.15, 0.2) is 12.1 Å². The molecule has 0 saturated carbocycles. The molecule has 0 spiro atoms. The van der Waals surface area contributed by atoms with Gasteiger partial charge in [0.25, 0.3) is 0 Å². The Labute approximate surface area is 221 Å². The first kappa shape index (κ1) is 25.1. The van der Waals surface area contributed by atoms with Crippen LogP contribution in [0.2, 0.25) is 50.2 Å². The lowest BCUT2D eigenvalue weighted by molar-refractivity contribution is 0.277. The van der Waals surface area contributed by atoms with E-state index in [0.717, 1.165) is 0 Å². The zero-order chi connectivity index (χ0) is 22.5. The standard InChI is InChI=1S/C18H5Cl10NO/c19-8-6(9(20)13(24)16(27)12(8)23)5-2-1-4(3-30)29-18(5)7-10(21)14(25)17(28)15(26)11(7)22/h1-2,30H,3H2. The van der Waals surface area contributed by atoms with E-state index in [4.69, 9.17) is 116 Å². The minimum atomic E-state index is -0.374. The molecule has 0 atom stereocenters. The van der Waals surface area contributed by atoms with Gasteiger partial charge in [0.2, 0.25) is 0 Å². The third-order valence-corrected chi connectivity index (χ3v) is 8.59. The van der Waals surface area contributed by atoms with E-state index in [1.54, 1.807) is 12.1 Å². The summed E-state index contributed by atoms with van der Waals surface area (Å²) in [5.74, 6) is 0. The first-order chi connectivity index (χ1) is 14.0. The van der Waals surface area contributed by atoms with Crippen molar-refractivity contribution in [3.8, 4) is 22.4 Å². The predicted octanol–water partition coefficient (Wildman–Crippen LogP) is 10.4. The molecule has 0 amide bonds. The number of benzene rings is 2. The molecule has 0 radical (unpaired) electrons. The molecule has 2 nitrogen and oxygen atoms in total. The predicted molar refractivity (Wildman–Crippen MR) is 131 cm³/mol. The fraction of sp³-hybridized carbons (Fsp3) is 0.0556. The molecule has 1 heterocycles. The number of hydrogen-bond donors (Lipinski definition) is 1. The van der Waals surface area contributed by atoms with Gasteiger partial charge in [-0.3, -0.25) is 0 Å². The number of aliphatic hydroxyl groups is 1. The van der Waals surface area contributed by atoms with E-state index in [-0.39, 0.29) is 73.7 Å². The van der Waals surface area contributed by atoms with E-state index < -0.39 is 0 Å². The van der Waals surface area contributed by atoms with Crippen LogP contribution in [-0.2, 0) is 6.61 Å². The van der Waals surface area contributed by atoms with Gasteiger partial charge < -0.3 is 5.11 Å². The quantitative estimate of drug-likeness (QED) is 0.238. The lowest BCUT2D eigenvalue weighted by Gasteiger charge is -2.19. The molecular weight excluding hydrogens is 601 g/mol. The van der Waals surface area contributed by atoms with Gasteiger partial charge in [0.1, 0.15) is 0 Å². The molecule has 12 heteroatoms. The largest absolute Gasteiger partial charge is 0.390 e. The van der Waals surface area contributed by atoms with E-state index in [2.05, 4.69) is 4.98 Å². The highest BCUT2D eigenvalue weighted by atomic mass is 35.5. The van der Waals surface area contributed by atoms with E-state index in [1.807, 2.05) is 0 Å². The first-order valence-corrected chi connectivity index (χ1v) is 11.4. The fourth-order valence-corrected chi connectivity index (χ4v) is 5.29. The summed E-state index contributed by atoms with van der Waals surface area (Å²) in [6.07, 6.45) is 0. The molecule has 0 unspecified atom stereocenters. The third kappa shape index (κ3) is 4.20. The van der Waals surface area contributed by atoms with Crippen LogP contribution in [0, 0.1) is 0 Å². The average molecular weight is 606 g/mol. The van der Waals surface area contributed by atoms with Crippen LogP contribution in [0.1, 0.15) is 5.69 Å². The van der Waals surface area contributed by atoms with Crippen molar-refractivity contribution in [3.63, 3.8) is 0 Å². The molecule has 1 N–H and O–H groups in total. The van der Waals surface area contributed by atoms with Crippen LogP contribution >= 0.6 is 116 Å². The summed E-state index contributed by atoms with van der Waals surface area (Å²) < 4.78 is 0. The van der Waals surface area contributed by atoms with Crippen molar-refractivity contribution in [1.82, 2.24) is 4.98 Å². The van der Waals surface area contributed by atoms with E-state index in [1.165, 1.54) is 0 Å². The number of aliphatic hydroxyl groups excluding tert-OH is 1. The van der Waals surface area contributed by atoms with Gasteiger partial charge in [-0.1, -0.05) is 122 Å². The summed E-state index contributed by atoms with van der Waals surface area (Å²) in [5.41, 5.74) is 1.16. The molecule has 0 aliphatic carbocycles. The summed E-state index contributed by atoms with van der Waals surface area (Å²) in [6.45, 7) is -0.374. The summed E-state index contributed by atoms with van der Waals surface area (Å²) in [6, 6.07) is 3.13. The molecule has 158 valence electrons. The zero-order valence-corrected chi connectivity index (χ0v) is 21.6. The third-order valence-electron chi connectivity index (χ3n) is 4.04. The first-order valence-electron chi connectivity index (χ1n) is 7.67. The molecule has 30 heavy (non-hydrogen) atoms. The van der Waals surface area contributed by atoms with Crippen molar-refractivity contribution >= 4 is 116 Å². The maximum Gasteiger partial charge on any atom is 0.0853 e. The maximum absolute atomic E-state index is 9.58. The van der Waals surface area contributed by atoms with Crippen LogP contribution in [0.25, 0.3) is 22.4 Å². The van der Waals surface area contributed by atoms with Gasteiger partial charge in [0, 0.05) is 16.7 Å². The molecule has 2 aromatic carbocycles. The van der Waals surface area contributed by atoms with Gasteiger partial charge in [-0.2, -0.15) is 0 Å². The second-order valence-electron chi connectivity index (χ2n) is 5.75. The van der Waals surface area contributed by atoms with E-state index >= 15 is 0 Å². The van der Waals surface area contributed by atoms with E-state index in [0.29, 0.717) is 11.3 Å². The zero-order valence-electron chi connectivity index (χ0n) is 14.0. The Morgan fingerprint density at radius 3 is 1.30 bits per heavy atom. The van der Waals surface area contributed by atoms with Gasteiger partial charge in [0.15, 0.2) is 0 Å². The van der Waals surface area contributed by atoms with Crippen molar-refractivity contribution in [2.45, 2.75) is 6.61 Å². The molecule has 0 fully saturated rings. The molecule has 3 rings (SSSR count). The van der Waals surface area contributed by atoms with Crippen LogP contribution < -0.4 is 0 Å². The Morgan fingerprint density at radius 1 is 0.533 bits per heavy atom. The number of hydrogen-bond acceptors (Lipinski definition) is 2. The molecule has 0 aliphatic rings. The van der Waals surface area contributed by atoms with Crippen LogP contribution in [0.4, 0.5) is 0 Å². The van der Waals surface area contributed by atoms with Crippen molar-refractivity contribution in [1.29, 1.82) is 0 Å². The Hall–Kier alpha value is 0.450. The monoisotopic (exact) mass is 601 g/mol. The lowest BCUT2D eigenvalue weighted by atomic mass is 9.98. The summed E-state index contributed by atoms with van der Waals surface area (Å²) >= 11 is 62.8. The van der Waals surface area contributed by atoms with Crippen LogP contribution in [-0.4, -0.2) is 10.1 Å². The summed E-state index contributed by atoms with van der Waals surface area (Å²) in [5, 5.41) is 9.48. The summed E-state index contributed by atoms with van der Waals surface area (Å²) in [4.78, 5) is 4.42. The Balaban J connectivity index is 2.51. The van der Waals surface area contributed by atoms with E-state index in [9.17, 15) is 5.11 Å². The molecular formula is C18H5Cl10NO. The molecule has 0 saturated heterocycles. The van der Waals surface area contributed by atoms with Gasteiger partial charge in [0.05, 0.1) is 68.2 Å². The molecule has 3 aromatic rings. The van der Waals surface area contributed by atoms with Crippen molar-refractivity contribution in [2.24, 2.45) is 0 Å². The van der Waals surface area contributed by atoms with Crippen molar-refractivity contribution in [2.75, 3.05) is 0 Å². The Kier molecular flexibility index (Phi) is 8.15.